The van der Waals surface area contributed by atoms with E-state index >= 15 is 0 Å². The van der Waals surface area contributed by atoms with Crippen LogP contribution in [0.5, 0.6) is 0 Å². The van der Waals surface area contributed by atoms with Crippen molar-refractivity contribution in [1.29, 1.82) is 0 Å². The molecule has 3 aromatic heterocycles. The third-order valence-corrected chi connectivity index (χ3v) is 5.43. The first-order valence-corrected chi connectivity index (χ1v) is 9.95. The number of aromatic nitrogens is 3. The Balaban J connectivity index is 1.57. The minimum absolute atomic E-state index is 0.377. The monoisotopic (exact) mass is 389 g/mol. The van der Waals surface area contributed by atoms with Gasteiger partial charge in [-0.25, -0.2) is 9.78 Å². The van der Waals surface area contributed by atoms with Gasteiger partial charge in [-0.3, -0.25) is 4.98 Å². The topological polar surface area (TPSA) is 75.7 Å². The average Bonchev–Trinajstić information content (AvgIpc) is 2.93. The molecule has 1 saturated heterocycles. The number of benzene rings is 1. The molecule has 4 aromatic rings. The summed E-state index contributed by atoms with van der Waals surface area (Å²) in [6, 6.07) is 7.94. The Hall–Kier alpha value is -3.19. The summed E-state index contributed by atoms with van der Waals surface area (Å²) in [7, 11) is 0. The molecule has 29 heavy (non-hydrogen) atoms. The van der Waals surface area contributed by atoms with Gasteiger partial charge < -0.3 is 19.0 Å². The van der Waals surface area contributed by atoms with Crippen LogP contribution in [0.1, 0.15) is 17.8 Å². The summed E-state index contributed by atoms with van der Waals surface area (Å²) in [6.07, 6.45) is 4.86. The molecule has 1 aliphatic heterocycles. The van der Waals surface area contributed by atoms with Crippen molar-refractivity contribution in [1.82, 2.24) is 19.7 Å². The predicted octanol–water partition coefficient (Wildman–Crippen LogP) is 2.92. The Kier molecular flexibility index (Phi) is 4.32. The van der Waals surface area contributed by atoms with E-state index < -0.39 is 0 Å². The number of fused-ring (bicyclic) bond motifs is 2. The second-order valence-electron chi connectivity index (χ2n) is 7.58. The molecule has 0 amide bonds. The first-order chi connectivity index (χ1) is 14.1. The van der Waals surface area contributed by atoms with Gasteiger partial charge in [0.2, 0.25) is 0 Å². The van der Waals surface area contributed by atoms with E-state index in [9.17, 15) is 4.79 Å². The lowest BCUT2D eigenvalue weighted by atomic mass is 10.1. The highest BCUT2D eigenvalue weighted by atomic mass is 16.4. The van der Waals surface area contributed by atoms with Crippen LogP contribution in [0.15, 0.2) is 45.9 Å². The molecular formula is C22H23N5O2. The van der Waals surface area contributed by atoms with Gasteiger partial charge in [0.25, 0.3) is 0 Å². The van der Waals surface area contributed by atoms with Gasteiger partial charge >= 0.3 is 5.63 Å². The van der Waals surface area contributed by atoms with E-state index in [4.69, 9.17) is 4.42 Å². The number of imidazole rings is 1. The highest BCUT2D eigenvalue weighted by molar-refractivity contribution is 5.84. The molecule has 0 saturated carbocycles. The van der Waals surface area contributed by atoms with Gasteiger partial charge in [-0.05, 0) is 45.0 Å². The van der Waals surface area contributed by atoms with E-state index in [0.29, 0.717) is 16.8 Å². The van der Waals surface area contributed by atoms with Crippen molar-refractivity contribution >= 4 is 22.3 Å². The summed E-state index contributed by atoms with van der Waals surface area (Å²) in [5, 5.41) is 4.30. The number of anilines is 1. The van der Waals surface area contributed by atoms with Crippen LogP contribution in [0.2, 0.25) is 0 Å². The second kappa shape index (κ2) is 7.00. The molecule has 1 aliphatic rings. The summed E-state index contributed by atoms with van der Waals surface area (Å²) in [6.45, 7) is 7.80. The van der Waals surface area contributed by atoms with Crippen LogP contribution in [0.3, 0.4) is 0 Å². The zero-order valence-corrected chi connectivity index (χ0v) is 16.6. The number of nitrogens with zero attached hydrogens (tertiary/aromatic N) is 4. The molecule has 4 heterocycles. The molecule has 7 heteroatoms. The van der Waals surface area contributed by atoms with Crippen LogP contribution in [0, 0.1) is 13.8 Å². The van der Waals surface area contributed by atoms with Crippen LogP contribution in [-0.4, -0.2) is 40.5 Å². The summed E-state index contributed by atoms with van der Waals surface area (Å²) in [5.41, 5.74) is 4.85. The fraction of sp³-hybridized carbons (Fsp3) is 0.318. The molecule has 148 valence electrons. The van der Waals surface area contributed by atoms with Crippen molar-refractivity contribution in [3.05, 3.63) is 58.5 Å². The molecule has 0 unspecified atom stereocenters. The van der Waals surface area contributed by atoms with E-state index in [0.717, 1.165) is 60.7 Å². The molecule has 7 nitrogen and oxygen atoms in total. The van der Waals surface area contributed by atoms with Gasteiger partial charge in [0.05, 0.1) is 22.6 Å². The van der Waals surface area contributed by atoms with E-state index in [1.54, 1.807) is 0 Å². The SMILES string of the molecule is Cc1cn2cc(-c3cc4ccc(N5CCCNCC5)cc4oc3=O)nc2c(C)n1. The van der Waals surface area contributed by atoms with Crippen LogP contribution in [0.4, 0.5) is 5.69 Å². The minimum atomic E-state index is -0.377. The van der Waals surface area contributed by atoms with Gasteiger partial charge in [-0.1, -0.05) is 0 Å². The van der Waals surface area contributed by atoms with Crippen molar-refractivity contribution < 1.29 is 4.42 Å². The Morgan fingerprint density at radius 3 is 2.86 bits per heavy atom. The van der Waals surface area contributed by atoms with Crippen LogP contribution < -0.4 is 15.8 Å². The normalized spacial score (nSPS) is 15.2. The maximum Gasteiger partial charge on any atom is 0.345 e. The third-order valence-electron chi connectivity index (χ3n) is 5.43. The Morgan fingerprint density at radius 2 is 1.97 bits per heavy atom. The van der Waals surface area contributed by atoms with Crippen molar-refractivity contribution in [2.75, 3.05) is 31.1 Å². The lowest BCUT2D eigenvalue weighted by Crippen LogP contribution is -2.27. The maximum atomic E-state index is 12.7. The summed E-state index contributed by atoms with van der Waals surface area (Å²) in [4.78, 5) is 24.1. The molecule has 0 radical (unpaired) electrons. The van der Waals surface area contributed by atoms with Crippen LogP contribution >= 0.6 is 0 Å². The first kappa shape index (κ1) is 17.9. The van der Waals surface area contributed by atoms with Gasteiger partial charge in [-0.15, -0.1) is 0 Å². The van der Waals surface area contributed by atoms with Crippen molar-refractivity contribution in [3.63, 3.8) is 0 Å². The highest BCUT2D eigenvalue weighted by Crippen LogP contribution is 2.26. The molecule has 1 N–H and O–H groups in total. The zero-order valence-electron chi connectivity index (χ0n) is 16.6. The van der Waals surface area contributed by atoms with Crippen molar-refractivity contribution in [2.45, 2.75) is 20.3 Å². The van der Waals surface area contributed by atoms with Crippen LogP contribution in [0.25, 0.3) is 27.9 Å². The quantitative estimate of drug-likeness (QED) is 0.531. The molecule has 0 atom stereocenters. The van der Waals surface area contributed by atoms with Crippen molar-refractivity contribution in [2.24, 2.45) is 0 Å². The molecule has 0 aliphatic carbocycles. The van der Waals surface area contributed by atoms with Gasteiger partial charge in [-0.2, -0.15) is 0 Å². The number of hydrogen-bond donors (Lipinski definition) is 1. The Labute approximate surface area is 168 Å². The van der Waals surface area contributed by atoms with E-state index in [-0.39, 0.29) is 5.63 Å². The van der Waals surface area contributed by atoms with Gasteiger partial charge in [0, 0.05) is 49.2 Å². The van der Waals surface area contributed by atoms with Crippen LogP contribution in [-0.2, 0) is 0 Å². The fourth-order valence-electron chi connectivity index (χ4n) is 4.01. The Bertz CT molecular complexity index is 1270. The number of nitrogens with one attached hydrogen (secondary N) is 1. The zero-order chi connectivity index (χ0) is 20.0. The highest BCUT2D eigenvalue weighted by Gasteiger charge is 2.15. The van der Waals surface area contributed by atoms with E-state index in [1.165, 1.54) is 0 Å². The molecule has 1 aromatic carbocycles. The number of aryl methyl sites for hydroxylation is 2. The third kappa shape index (κ3) is 3.27. The fourth-order valence-corrected chi connectivity index (χ4v) is 4.01. The lowest BCUT2D eigenvalue weighted by molar-refractivity contribution is 0.563. The molecule has 0 bridgehead atoms. The van der Waals surface area contributed by atoms with Gasteiger partial charge in [0.1, 0.15) is 5.58 Å². The standard InChI is InChI=1S/C22H23N5O2/c1-14-12-27-13-19(25-21(27)15(2)24-14)18-10-16-4-5-17(11-20(16)29-22(18)28)26-8-3-6-23-7-9-26/h4-5,10-13,23H,3,6-9H2,1-2H3. The smallest absolute Gasteiger partial charge is 0.345 e. The average molecular weight is 389 g/mol. The van der Waals surface area contributed by atoms with E-state index in [2.05, 4.69) is 26.3 Å². The minimum Gasteiger partial charge on any atom is -0.422 e. The molecule has 0 spiro atoms. The van der Waals surface area contributed by atoms with Gasteiger partial charge in [0.15, 0.2) is 5.65 Å². The lowest BCUT2D eigenvalue weighted by Gasteiger charge is -2.22. The first-order valence-electron chi connectivity index (χ1n) is 9.95. The number of hydrogen-bond acceptors (Lipinski definition) is 6. The summed E-state index contributed by atoms with van der Waals surface area (Å²) in [5.74, 6) is 0. The molecule has 1 fully saturated rings. The Morgan fingerprint density at radius 1 is 1.07 bits per heavy atom. The van der Waals surface area contributed by atoms with E-state index in [1.807, 2.05) is 48.8 Å². The molecular weight excluding hydrogens is 366 g/mol. The molecule has 5 rings (SSSR count). The van der Waals surface area contributed by atoms with Crippen molar-refractivity contribution in [3.8, 4) is 11.3 Å². The summed E-state index contributed by atoms with van der Waals surface area (Å²) >= 11 is 0. The maximum absolute atomic E-state index is 12.7. The second-order valence-corrected chi connectivity index (χ2v) is 7.58. The number of rotatable bonds is 2. The summed E-state index contributed by atoms with van der Waals surface area (Å²) < 4.78 is 7.61. The predicted molar refractivity (Wildman–Crippen MR) is 114 cm³/mol. The largest absolute Gasteiger partial charge is 0.422 e.